The maximum Gasteiger partial charge on any atom is 0.235 e. The van der Waals surface area contributed by atoms with Gasteiger partial charge in [0.25, 0.3) is 0 Å². The highest BCUT2D eigenvalue weighted by atomic mass is 32.2. The normalized spacial score (nSPS) is 15.4. The topological polar surface area (TPSA) is 79.6 Å². The van der Waals surface area contributed by atoms with Crippen LogP contribution in [0, 0.1) is 0 Å². The molecule has 0 bridgehead atoms. The second-order valence-corrected chi connectivity index (χ2v) is 8.98. The van der Waals surface area contributed by atoms with Gasteiger partial charge in [0.05, 0.1) is 11.4 Å². The molecule has 0 unspecified atom stereocenters. The fourth-order valence-electron chi connectivity index (χ4n) is 3.37. The van der Waals surface area contributed by atoms with Crippen LogP contribution in [-0.2, 0) is 21.2 Å². The zero-order chi connectivity index (χ0) is 20.3. The summed E-state index contributed by atoms with van der Waals surface area (Å²) in [4.78, 5) is 12.2. The third-order valence-corrected chi connectivity index (χ3v) is 6.73. The fourth-order valence-corrected chi connectivity index (χ4v) is 4.94. The van der Waals surface area contributed by atoms with Crippen molar-refractivity contribution in [3.63, 3.8) is 0 Å². The summed E-state index contributed by atoms with van der Waals surface area (Å²) in [6.45, 7) is 0.502. The molecule has 1 aliphatic rings. The van der Waals surface area contributed by atoms with Crippen molar-refractivity contribution in [1.82, 2.24) is 0 Å². The lowest BCUT2D eigenvalue weighted by molar-refractivity contribution is -0.116. The first-order valence-electron chi connectivity index (χ1n) is 9.56. The summed E-state index contributed by atoms with van der Waals surface area (Å²) >= 11 is 0. The molecule has 7 heteroatoms. The molecule has 1 amide bonds. The van der Waals surface area contributed by atoms with Gasteiger partial charge in [0, 0.05) is 30.6 Å². The number of hydrogen-bond donors (Lipinski definition) is 1. The molecule has 150 valence electrons. The predicted octanol–water partition coefficient (Wildman–Crippen LogP) is 4.06. The van der Waals surface area contributed by atoms with Gasteiger partial charge in [-0.05, 0) is 42.8 Å². The molecule has 0 atom stereocenters. The SMILES string of the molecule is O=C(CCc1ccc(-c2ccccc2)o1)Nc1ccc(N2CCCS2(=O)=O)cc1. The molecule has 0 aliphatic carbocycles. The third-order valence-electron chi connectivity index (χ3n) is 4.86. The standard InChI is InChI=1S/C22H22N2O4S/c25-22(14-12-20-11-13-21(28-20)17-5-2-1-3-6-17)23-18-7-9-19(10-8-18)24-15-4-16-29(24,26)27/h1-3,5-11,13H,4,12,14-16H2,(H,23,25). The van der Waals surface area contributed by atoms with Crippen LogP contribution in [0.25, 0.3) is 11.3 Å². The highest BCUT2D eigenvalue weighted by Gasteiger charge is 2.28. The number of carbonyl (C=O) groups excluding carboxylic acids is 1. The van der Waals surface area contributed by atoms with E-state index in [0.29, 0.717) is 37.2 Å². The fraction of sp³-hybridized carbons (Fsp3) is 0.227. The zero-order valence-electron chi connectivity index (χ0n) is 15.9. The van der Waals surface area contributed by atoms with Gasteiger partial charge >= 0.3 is 0 Å². The van der Waals surface area contributed by atoms with E-state index in [1.54, 1.807) is 24.3 Å². The van der Waals surface area contributed by atoms with Gasteiger partial charge in [-0.1, -0.05) is 30.3 Å². The Hall–Kier alpha value is -3.06. The monoisotopic (exact) mass is 410 g/mol. The van der Waals surface area contributed by atoms with Gasteiger partial charge in [0.2, 0.25) is 15.9 Å². The van der Waals surface area contributed by atoms with Crippen molar-refractivity contribution >= 4 is 27.3 Å². The minimum atomic E-state index is -3.20. The van der Waals surface area contributed by atoms with Crippen LogP contribution in [0.3, 0.4) is 0 Å². The number of furan rings is 1. The van der Waals surface area contributed by atoms with E-state index in [-0.39, 0.29) is 11.7 Å². The molecule has 29 heavy (non-hydrogen) atoms. The predicted molar refractivity (Wildman–Crippen MR) is 113 cm³/mol. The Labute approximate surface area is 170 Å². The molecule has 0 spiro atoms. The first-order valence-corrected chi connectivity index (χ1v) is 11.2. The second-order valence-electron chi connectivity index (χ2n) is 6.97. The van der Waals surface area contributed by atoms with Crippen LogP contribution in [0.2, 0.25) is 0 Å². The van der Waals surface area contributed by atoms with Crippen molar-refractivity contribution in [1.29, 1.82) is 0 Å². The van der Waals surface area contributed by atoms with E-state index in [1.807, 2.05) is 42.5 Å². The number of nitrogens with one attached hydrogen (secondary N) is 1. The number of anilines is 2. The van der Waals surface area contributed by atoms with Crippen molar-refractivity contribution in [2.24, 2.45) is 0 Å². The van der Waals surface area contributed by atoms with Crippen LogP contribution in [0.4, 0.5) is 11.4 Å². The Morgan fingerprint density at radius 1 is 1.00 bits per heavy atom. The lowest BCUT2D eigenvalue weighted by Gasteiger charge is -2.17. The molecule has 1 aliphatic heterocycles. The highest BCUT2D eigenvalue weighted by Crippen LogP contribution is 2.26. The second kappa shape index (κ2) is 8.13. The lowest BCUT2D eigenvalue weighted by atomic mass is 10.2. The molecule has 2 aromatic carbocycles. The molecule has 1 aromatic heterocycles. The molecule has 1 saturated heterocycles. The van der Waals surface area contributed by atoms with Crippen LogP contribution in [0.5, 0.6) is 0 Å². The van der Waals surface area contributed by atoms with Crippen LogP contribution in [-0.4, -0.2) is 26.6 Å². The van der Waals surface area contributed by atoms with Crippen LogP contribution in [0.1, 0.15) is 18.6 Å². The van der Waals surface area contributed by atoms with E-state index in [4.69, 9.17) is 4.42 Å². The van der Waals surface area contributed by atoms with E-state index in [0.717, 1.165) is 17.1 Å². The van der Waals surface area contributed by atoms with E-state index in [1.165, 1.54) is 4.31 Å². The Bertz CT molecular complexity index is 1090. The number of sulfonamides is 1. The quantitative estimate of drug-likeness (QED) is 0.665. The first kappa shape index (κ1) is 19.3. The first-order chi connectivity index (χ1) is 14.0. The van der Waals surface area contributed by atoms with Gasteiger partial charge in [0.15, 0.2) is 0 Å². The molecular weight excluding hydrogens is 388 g/mol. The van der Waals surface area contributed by atoms with Gasteiger partial charge in [0.1, 0.15) is 11.5 Å². The number of carbonyl (C=O) groups is 1. The number of hydrogen-bond acceptors (Lipinski definition) is 4. The van der Waals surface area contributed by atoms with Gasteiger partial charge in [-0.15, -0.1) is 0 Å². The van der Waals surface area contributed by atoms with E-state index < -0.39 is 10.0 Å². The van der Waals surface area contributed by atoms with Crippen molar-refractivity contribution in [2.45, 2.75) is 19.3 Å². The number of nitrogens with zero attached hydrogens (tertiary/aromatic N) is 1. The number of benzene rings is 2. The van der Waals surface area contributed by atoms with Crippen LogP contribution < -0.4 is 9.62 Å². The van der Waals surface area contributed by atoms with Crippen LogP contribution >= 0.6 is 0 Å². The third kappa shape index (κ3) is 4.51. The average molecular weight is 410 g/mol. The Morgan fingerprint density at radius 2 is 1.76 bits per heavy atom. The Kier molecular flexibility index (Phi) is 5.40. The zero-order valence-corrected chi connectivity index (χ0v) is 16.7. The lowest BCUT2D eigenvalue weighted by Crippen LogP contribution is -2.25. The van der Waals surface area contributed by atoms with E-state index >= 15 is 0 Å². The average Bonchev–Trinajstić information content (AvgIpc) is 3.34. The number of aryl methyl sites for hydroxylation is 1. The molecule has 4 rings (SSSR count). The van der Waals surface area contributed by atoms with E-state index in [9.17, 15) is 13.2 Å². The summed E-state index contributed by atoms with van der Waals surface area (Å²) in [5.41, 5.74) is 2.27. The largest absolute Gasteiger partial charge is 0.461 e. The summed E-state index contributed by atoms with van der Waals surface area (Å²) in [6.07, 6.45) is 1.44. The molecule has 0 saturated carbocycles. The minimum absolute atomic E-state index is 0.121. The van der Waals surface area contributed by atoms with Gasteiger partial charge in [-0.3, -0.25) is 9.10 Å². The van der Waals surface area contributed by atoms with Crippen molar-refractivity contribution in [2.75, 3.05) is 21.9 Å². The number of rotatable bonds is 6. The molecular formula is C22H22N2O4S. The number of amides is 1. The Morgan fingerprint density at radius 3 is 2.45 bits per heavy atom. The van der Waals surface area contributed by atoms with Crippen molar-refractivity contribution < 1.29 is 17.6 Å². The molecule has 6 nitrogen and oxygen atoms in total. The van der Waals surface area contributed by atoms with Crippen molar-refractivity contribution in [3.8, 4) is 11.3 Å². The summed E-state index contributed by atoms with van der Waals surface area (Å²) < 4.78 is 31.2. The minimum Gasteiger partial charge on any atom is -0.461 e. The molecule has 1 fully saturated rings. The highest BCUT2D eigenvalue weighted by molar-refractivity contribution is 7.93. The maximum atomic E-state index is 12.2. The molecule has 3 aromatic rings. The summed E-state index contributed by atoms with van der Waals surface area (Å²) in [7, 11) is -3.20. The smallest absolute Gasteiger partial charge is 0.235 e. The van der Waals surface area contributed by atoms with E-state index in [2.05, 4.69) is 5.32 Å². The van der Waals surface area contributed by atoms with Gasteiger partial charge in [-0.25, -0.2) is 8.42 Å². The molecule has 1 N–H and O–H groups in total. The molecule has 2 heterocycles. The Balaban J connectivity index is 1.32. The van der Waals surface area contributed by atoms with Gasteiger partial charge in [-0.2, -0.15) is 0 Å². The van der Waals surface area contributed by atoms with Gasteiger partial charge < -0.3 is 9.73 Å². The summed E-state index contributed by atoms with van der Waals surface area (Å²) in [5, 5.41) is 2.84. The summed E-state index contributed by atoms with van der Waals surface area (Å²) in [5.74, 6) is 1.61. The maximum absolute atomic E-state index is 12.2. The summed E-state index contributed by atoms with van der Waals surface area (Å²) in [6, 6.07) is 20.5. The van der Waals surface area contributed by atoms with Crippen molar-refractivity contribution in [3.05, 3.63) is 72.5 Å². The molecule has 0 radical (unpaired) electrons. The van der Waals surface area contributed by atoms with Crippen LogP contribution in [0.15, 0.2) is 71.1 Å².